The van der Waals surface area contributed by atoms with Crippen molar-refractivity contribution in [3.8, 4) is 0 Å². The van der Waals surface area contributed by atoms with Crippen LogP contribution in [0.3, 0.4) is 0 Å². The van der Waals surface area contributed by atoms with Crippen molar-refractivity contribution >= 4 is 48.7 Å². The number of benzene rings is 1. The molecule has 7 nitrogen and oxygen atoms in total. The predicted molar refractivity (Wildman–Crippen MR) is 96.0 cm³/mol. The molecule has 0 bridgehead atoms. The molecule has 11 heteroatoms. The van der Waals surface area contributed by atoms with E-state index in [9.17, 15) is 22.9 Å². The molecule has 0 atom stereocenters. The quantitative estimate of drug-likeness (QED) is 0.528. The molecule has 25 heavy (non-hydrogen) atoms. The van der Waals surface area contributed by atoms with E-state index in [-0.39, 0.29) is 28.7 Å². The Morgan fingerprint density at radius 1 is 1.16 bits per heavy atom. The smallest absolute Gasteiger partial charge is 0.272 e. The molecule has 0 saturated carbocycles. The van der Waals surface area contributed by atoms with Gasteiger partial charge in [-0.2, -0.15) is 4.31 Å². The Hall–Kier alpha value is -1.56. The minimum absolute atomic E-state index is 0.217. The van der Waals surface area contributed by atoms with Crippen LogP contribution < -0.4 is 4.90 Å². The zero-order valence-corrected chi connectivity index (χ0v) is 16.0. The van der Waals surface area contributed by atoms with Crippen molar-refractivity contribution < 1.29 is 17.7 Å². The number of rotatable bonds is 4. The zero-order valence-electron chi connectivity index (χ0n) is 12.8. The van der Waals surface area contributed by atoms with E-state index in [1.165, 1.54) is 16.4 Å². The van der Waals surface area contributed by atoms with Gasteiger partial charge in [0.1, 0.15) is 4.21 Å². The number of non-ortho nitro benzene ring substituents is 1. The number of sulfonamides is 1. The van der Waals surface area contributed by atoms with Crippen molar-refractivity contribution in [2.75, 3.05) is 31.1 Å². The van der Waals surface area contributed by atoms with E-state index < -0.39 is 20.8 Å². The summed E-state index contributed by atoms with van der Waals surface area (Å²) in [6.45, 7) is 1.05. The monoisotopic (exact) mass is 449 g/mol. The summed E-state index contributed by atoms with van der Waals surface area (Å²) in [7, 11) is -3.56. The van der Waals surface area contributed by atoms with Gasteiger partial charge in [-0.05, 0) is 34.1 Å². The number of thiophene rings is 1. The number of nitrogens with zero attached hydrogens (tertiary/aromatic N) is 3. The number of piperazine rings is 1. The second-order valence-electron chi connectivity index (χ2n) is 5.34. The second-order valence-corrected chi connectivity index (χ2v) is 9.97. The first-order chi connectivity index (χ1) is 11.8. The SMILES string of the molecule is O=[N+]([O-])c1ccc(N2CCN(S(=O)(=O)c3ccc(Br)s3)CC2)c(F)c1. The molecule has 0 unspecified atom stereocenters. The van der Waals surface area contributed by atoms with Crippen molar-refractivity contribution in [3.05, 3.63) is 50.0 Å². The summed E-state index contributed by atoms with van der Waals surface area (Å²) in [5.74, 6) is -0.687. The van der Waals surface area contributed by atoms with E-state index in [0.717, 1.165) is 21.2 Å². The topological polar surface area (TPSA) is 83.8 Å². The van der Waals surface area contributed by atoms with E-state index in [0.29, 0.717) is 13.1 Å². The number of hydrogen-bond acceptors (Lipinski definition) is 6. The normalized spacial score (nSPS) is 16.2. The first-order valence-corrected chi connectivity index (χ1v) is 10.3. The van der Waals surface area contributed by atoms with Gasteiger partial charge in [-0.3, -0.25) is 10.1 Å². The summed E-state index contributed by atoms with van der Waals surface area (Å²) in [6, 6.07) is 6.70. The van der Waals surface area contributed by atoms with E-state index in [1.807, 2.05) is 0 Å². The molecule has 1 aromatic carbocycles. The first kappa shape index (κ1) is 18.2. The highest BCUT2D eigenvalue weighted by Gasteiger charge is 2.30. The highest BCUT2D eigenvalue weighted by Crippen LogP contribution is 2.30. The molecule has 0 radical (unpaired) electrons. The maximum Gasteiger partial charge on any atom is 0.272 e. The van der Waals surface area contributed by atoms with Gasteiger partial charge in [0.2, 0.25) is 0 Å². The molecule has 2 aromatic rings. The Bertz CT molecular complexity index is 911. The van der Waals surface area contributed by atoms with Gasteiger partial charge in [-0.25, -0.2) is 12.8 Å². The summed E-state index contributed by atoms with van der Waals surface area (Å²) in [5, 5.41) is 10.7. The molecule has 1 aliphatic heterocycles. The molecular weight excluding hydrogens is 437 g/mol. The average Bonchev–Trinajstić information content (AvgIpc) is 3.02. The molecule has 3 rings (SSSR count). The third-order valence-corrected chi connectivity index (χ3v) is 7.85. The Morgan fingerprint density at radius 3 is 2.36 bits per heavy atom. The number of nitro groups is 1. The molecule has 1 aromatic heterocycles. The third kappa shape index (κ3) is 3.68. The largest absolute Gasteiger partial charge is 0.367 e. The fourth-order valence-electron chi connectivity index (χ4n) is 2.60. The van der Waals surface area contributed by atoms with Crippen LogP contribution in [-0.2, 0) is 10.0 Å². The average molecular weight is 450 g/mol. The van der Waals surface area contributed by atoms with Crippen LogP contribution in [0.4, 0.5) is 15.8 Å². The van der Waals surface area contributed by atoms with Crippen molar-refractivity contribution in [1.82, 2.24) is 4.31 Å². The lowest BCUT2D eigenvalue weighted by Crippen LogP contribution is -2.48. The number of hydrogen-bond donors (Lipinski definition) is 0. The van der Waals surface area contributed by atoms with Crippen molar-refractivity contribution in [2.24, 2.45) is 0 Å². The van der Waals surface area contributed by atoms with Crippen molar-refractivity contribution in [2.45, 2.75) is 4.21 Å². The Balaban J connectivity index is 1.73. The summed E-state index contributed by atoms with van der Waals surface area (Å²) >= 11 is 4.39. The van der Waals surface area contributed by atoms with Gasteiger partial charge in [0.15, 0.2) is 5.82 Å². The lowest BCUT2D eigenvalue weighted by atomic mass is 10.2. The highest BCUT2D eigenvalue weighted by atomic mass is 79.9. The lowest BCUT2D eigenvalue weighted by molar-refractivity contribution is -0.385. The van der Waals surface area contributed by atoms with Crippen LogP contribution in [0.1, 0.15) is 0 Å². The van der Waals surface area contributed by atoms with Crippen LogP contribution in [0.2, 0.25) is 0 Å². The fraction of sp³-hybridized carbons (Fsp3) is 0.286. The standard InChI is InChI=1S/C14H13BrFN3O4S2/c15-13-3-4-14(24-13)25(22,23)18-7-5-17(6-8-18)12-2-1-10(19(20)21)9-11(12)16/h1-4,9H,5-8H2. The van der Waals surface area contributed by atoms with Crippen LogP contribution in [0.15, 0.2) is 38.3 Å². The van der Waals surface area contributed by atoms with E-state index >= 15 is 0 Å². The molecule has 0 N–H and O–H groups in total. The van der Waals surface area contributed by atoms with E-state index in [2.05, 4.69) is 15.9 Å². The summed E-state index contributed by atoms with van der Waals surface area (Å²) in [5.41, 5.74) is -0.0766. The summed E-state index contributed by atoms with van der Waals surface area (Å²) in [6.07, 6.45) is 0. The van der Waals surface area contributed by atoms with E-state index in [1.54, 1.807) is 17.0 Å². The molecule has 1 aliphatic rings. The molecule has 0 aliphatic carbocycles. The Morgan fingerprint density at radius 2 is 1.84 bits per heavy atom. The van der Waals surface area contributed by atoms with Crippen LogP contribution >= 0.6 is 27.3 Å². The number of nitro benzene ring substituents is 1. The van der Waals surface area contributed by atoms with Crippen molar-refractivity contribution in [3.63, 3.8) is 0 Å². The Labute approximate surface area is 156 Å². The maximum absolute atomic E-state index is 14.1. The molecule has 1 fully saturated rings. The third-order valence-electron chi connectivity index (χ3n) is 3.86. The van der Waals surface area contributed by atoms with Gasteiger partial charge < -0.3 is 4.90 Å². The Kier molecular flexibility index (Phi) is 5.09. The predicted octanol–water partition coefficient (Wildman–Crippen LogP) is 3.07. The highest BCUT2D eigenvalue weighted by molar-refractivity contribution is 9.11. The van der Waals surface area contributed by atoms with Crippen LogP contribution in [0.25, 0.3) is 0 Å². The maximum atomic E-state index is 14.1. The van der Waals surface area contributed by atoms with Gasteiger partial charge in [-0.15, -0.1) is 11.3 Å². The van der Waals surface area contributed by atoms with Gasteiger partial charge in [-0.1, -0.05) is 0 Å². The van der Waals surface area contributed by atoms with Gasteiger partial charge in [0, 0.05) is 32.2 Å². The first-order valence-electron chi connectivity index (χ1n) is 7.23. The van der Waals surface area contributed by atoms with Crippen molar-refractivity contribution in [1.29, 1.82) is 0 Å². The van der Waals surface area contributed by atoms with Crippen LogP contribution in [0, 0.1) is 15.9 Å². The van der Waals surface area contributed by atoms with Gasteiger partial charge in [0.25, 0.3) is 15.7 Å². The number of anilines is 1. The van der Waals surface area contributed by atoms with Crippen LogP contribution in [0.5, 0.6) is 0 Å². The zero-order chi connectivity index (χ0) is 18.2. The summed E-state index contributed by atoms with van der Waals surface area (Å²) in [4.78, 5) is 11.7. The minimum atomic E-state index is -3.56. The van der Waals surface area contributed by atoms with Crippen LogP contribution in [-0.4, -0.2) is 43.8 Å². The molecular formula is C14H13BrFN3O4S2. The molecule has 2 heterocycles. The number of halogens is 2. The minimum Gasteiger partial charge on any atom is -0.367 e. The molecule has 0 amide bonds. The van der Waals surface area contributed by atoms with Gasteiger partial charge in [0.05, 0.1) is 20.5 Å². The molecule has 0 spiro atoms. The summed E-state index contributed by atoms with van der Waals surface area (Å²) < 4.78 is 41.6. The fourth-order valence-corrected chi connectivity index (χ4v) is 6.19. The lowest BCUT2D eigenvalue weighted by Gasteiger charge is -2.35. The molecule has 1 saturated heterocycles. The van der Waals surface area contributed by atoms with Gasteiger partial charge >= 0.3 is 0 Å². The second kappa shape index (κ2) is 6.98. The van der Waals surface area contributed by atoms with E-state index in [4.69, 9.17) is 0 Å². The molecule has 134 valence electrons.